The Balaban J connectivity index is 2.16. The maximum atomic E-state index is 5.82. The molecule has 3 heteroatoms. The van der Waals surface area contributed by atoms with Crippen LogP contribution in [0.1, 0.15) is 56.5 Å². The number of piperidine rings is 1. The summed E-state index contributed by atoms with van der Waals surface area (Å²) in [6.45, 7) is 5.35. The van der Waals surface area contributed by atoms with Crippen LogP contribution in [0.25, 0.3) is 0 Å². The third-order valence-corrected chi connectivity index (χ3v) is 3.06. The molecule has 15 heavy (non-hydrogen) atoms. The Bertz CT molecular complexity index is 292. The zero-order valence-electron chi connectivity index (χ0n) is 9.68. The lowest BCUT2D eigenvalue weighted by Gasteiger charge is -2.20. The van der Waals surface area contributed by atoms with Crippen LogP contribution in [-0.2, 0) is 12.8 Å². The summed E-state index contributed by atoms with van der Waals surface area (Å²) in [6.07, 6.45) is 5.64. The molecule has 1 N–H and O–H groups in total. The summed E-state index contributed by atoms with van der Waals surface area (Å²) in [6, 6.07) is 0.351. The topological polar surface area (TPSA) is 38.1 Å². The van der Waals surface area contributed by atoms with E-state index in [-0.39, 0.29) is 0 Å². The molecule has 2 heterocycles. The number of nitrogens with one attached hydrogen (secondary N) is 1. The molecule has 1 unspecified atom stereocenters. The first-order valence-corrected chi connectivity index (χ1v) is 6.07. The van der Waals surface area contributed by atoms with Crippen LogP contribution in [0, 0.1) is 0 Å². The van der Waals surface area contributed by atoms with Gasteiger partial charge in [-0.15, -0.1) is 0 Å². The molecule has 2 rings (SSSR count). The van der Waals surface area contributed by atoms with Gasteiger partial charge in [-0.1, -0.05) is 20.3 Å². The van der Waals surface area contributed by atoms with Gasteiger partial charge >= 0.3 is 0 Å². The van der Waals surface area contributed by atoms with Gasteiger partial charge in [0.25, 0.3) is 0 Å². The van der Waals surface area contributed by atoms with Crippen LogP contribution >= 0.6 is 0 Å². The number of aryl methyl sites for hydroxylation is 2. The predicted molar refractivity (Wildman–Crippen MR) is 59.9 cm³/mol. The second-order valence-corrected chi connectivity index (χ2v) is 4.13. The number of aromatic nitrogens is 1. The van der Waals surface area contributed by atoms with Crippen LogP contribution in [0.5, 0.6) is 0 Å². The van der Waals surface area contributed by atoms with Gasteiger partial charge in [-0.2, -0.15) is 0 Å². The molecule has 1 aliphatic heterocycles. The van der Waals surface area contributed by atoms with E-state index in [9.17, 15) is 0 Å². The third-order valence-electron chi connectivity index (χ3n) is 3.06. The van der Waals surface area contributed by atoms with Crippen molar-refractivity contribution >= 4 is 0 Å². The molecule has 1 atom stereocenters. The highest BCUT2D eigenvalue weighted by molar-refractivity contribution is 5.11. The lowest BCUT2D eigenvalue weighted by atomic mass is 10.1. The molecule has 0 saturated carbocycles. The fourth-order valence-corrected chi connectivity index (χ4v) is 2.17. The molecule has 1 fully saturated rings. The Morgan fingerprint density at radius 1 is 1.33 bits per heavy atom. The molecule has 0 amide bonds. The minimum Gasteiger partial charge on any atom is -0.444 e. The van der Waals surface area contributed by atoms with E-state index in [1.54, 1.807) is 0 Å². The van der Waals surface area contributed by atoms with E-state index in [1.807, 2.05) is 0 Å². The van der Waals surface area contributed by atoms with Crippen LogP contribution in [0.2, 0.25) is 0 Å². The largest absolute Gasteiger partial charge is 0.444 e. The summed E-state index contributed by atoms with van der Waals surface area (Å²) in [5.41, 5.74) is 1.14. The zero-order valence-corrected chi connectivity index (χ0v) is 9.68. The van der Waals surface area contributed by atoms with Crippen molar-refractivity contribution in [2.75, 3.05) is 6.54 Å². The van der Waals surface area contributed by atoms with Crippen LogP contribution in [0.15, 0.2) is 4.42 Å². The summed E-state index contributed by atoms with van der Waals surface area (Å²) in [5, 5.41) is 3.47. The second-order valence-electron chi connectivity index (χ2n) is 4.13. The first-order chi connectivity index (χ1) is 7.35. The van der Waals surface area contributed by atoms with E-state index >= 15 is 0 Å². The van der Waals surface area contributed by atoms with Gasteiger partial charge in [0.15, 0.2) is 0 Å². The van der Waals surface area contributed by atoms with Crippen molar-refractivity contribution < 1.29 is 4.42 Å². The summed E-state index contributed by atoms with van der Waals surface area (Å²) in [7, 11) is 0. The van der Waals surface area contributed by atoms with E-state index in [0.29, 0.717) is 6.04 Å². The lowest BCUT2D eigenvalue weighted by molar-refractivity contribution is 0.330. The quantitative estimate of drug-likeness (QED) is 0.829. The fourth-order valence-electron chi connectivity index (χ4n) is 2.17. The lowest BCUT2D eigenvalue weighted by Crippen LogP contribution is -2.26. The molecule has 1 aliphatic rings. The summed E-state index contributed by atoms with van der Waals surface area (Å²) >= 11 is 0. The SMILES string of the molecule is CCc1nc(C2CCCCN2)oc1CC. The molecule has 0 aliphatic carbocycles. The molecular weight excluding hydrogens is 188 g/mol. The van der Waals surface area contributed by atoms with Gasteiger partial charge in [-0.25, -0.2) is 4.98 Å². The molecule has 1 aromatic heterocycles. The summed E-state index contributed by atoms with van der Waals surface area (Å²) in [4.78, 5) is 4.59. The minimum atomic E-state index is 0.351. The van der Waals surface area contributed by atoms with Gasteiger partial charge in [0.05, 0.1) is 11.7 Å². The van der Waals surface area contributed by atoms with Gasteiger partial charge in [0.2, 0.25) is 5.89 Å². The van der Waals surface area contributed by atoms with E-state index in [2.05, 4.69) is 24.1 Å². The average Bonchev–Trinajstić information content (AvgIpc) is 2.73. The van der Waals surface area contributed by atoms with Gasteiger partial charge in [0, 0.05) is 6.42 Å². The fraction of sp³-hybridized carbons (Fsp3) is 0.750. The van der Waals surface area contributed by atoms with Crippen molar-refractivity contribution in [2.24, 2.45) is 0 Å². The third kappa shape index (κ3) is 2.23. The van der Waals surface area contributed by atoms with Crippen molar-refractivity contribution in [3.63, 3.8) is 0 Å². The van der Waals surface area contributed by atoms with Crippen molar-refractivity contribution in [2.45, 2.75) is 52.0 Å². The van der Waals surface area contributed by atoms with Crippen LogP contribution in [-0.4, -0.2) is 11.5 Å². The summed E-state index contributed by atoms with van der Waals surface area (Å²) in [5.74, 6) is 1.98. The van der Waals surface area contributed by atoms with Gasteiger partial charge < -0.3 is 9.73 Å². The van der Waals surface area contributed by atoms with E-state index in [1.165, 1.54) is 12.8 Å². The van der Waals surface area contributed by atoms with Crippen molar-refractivity contribution in [3.8, 4) is 0 Å². The number of rotatable bonds is 3. The minimum absolute atomic E-state index is 0.351. The van der Waals surface area contributed by atoms with Gasteiger partial charge in [-0.3, -0.25) is 0 Å². The van der Waals surface area contributed by atoms with Crippen molar-refractivity contribution in [1.29, 1.82) is 0 Å². The maximum absolute atomic E-state index is 5.82. The molecule has 0 spiro atoms. The second kappa shape index (κ2) is 4.79. The molecule has 0 bridgehead atoms. The van der Waals surface area contributed by atoms with E-state index in [0.717, 1.165) is 43.2 Å². The molecular formula is C12H20N2O. The first kappa shape index (κ1) is 10.7. The first-order valence-electron chi connectivity index (χ1n) is 6.07. The smallest absolute Gasteiger partial charge is 0.211 e. The molecule has 0 aromatic carbocycles. The number of nitrogens with zero attached hydrogens (tertiary/aromatic N) is 1. The summed E-state index contributed by atoms with van der Waals surface area (Å²) < 4.78 is 5.82. The van der Waals surface area contributed by atoms with Crippen LogP contribution in [0.4, 0.5) is 0 Å². The monoisotopic (exact) mass is 208 g/mol. The highest BCUT2D eigenvalue weighted by atomic mass is 16.4. The van der Waals surface area contributed by atoms with Gasteiger partial charge in [0.1, 0.15) is 5.76 Å². The number of hydrogen-bond acceptors (Lipinski definition) is 3. The molecule has 1 saturated heterocycles. The van der Waals surface area contributed by atoms with Gasteiger partial charge in [-0.05, 0) is 25.8 Å². The number of oxazole rings is 1. The van der Waals surface area contributed by atoms with Crippen molar-refractivity contribution in [3.05, 3.63) is 17.3 Å². The molecule has 3 nitrogen and oxygen atoms in total. The van der Waals surface area contributed by atoms with Crippen LogP contribution < -0.4 is 5.32 Å². The normalized spacial score (nSPS) is 21.9. The molecule has 1 aromatic rings. The Kier molecular flexibility index (Phi) is 3.41. The van der Waals surface area contributed by atoms with E-state index in [4.69, 9.17) is 4.42 Å². The number of hydrogen-bond donors (Lipinski definition) is 1. The zero-order chi connectivity index (χ0) is 10.7. The Morgan fingerprint density at radius 3 is 2.73 bits per heavy atom. The molecule has 0 radical (unpaired) electrons. The Morgan fingerprint density at radius 2 is 2.20 bits per heavy atom. The van der Waals surface area contributed by atoms with E-state index < -0.39 is 0 Å². The van der Waals surface area contributed by atoms with Crippen molar-refractivity contribution in [1.82, 2.24) is 10.3 Å². The average molecular weight is 208 g/mol. The highest BCUT2D eigenvalue weighted by Gasteiger charge is 2.21. The Hall–Kier alpha value is -0.830. The maximum Gasteiger partial charge on any atom is 0.211 e. The highest BCUT2D eigenvalue weighted by Crippen LogP contribution is 2.24. The Labute approximate surface area is 91.3 Å². The molecule has 84 valence electrons. The standard InChI is InChI=1S/C12H20N2O/c1-3-9-11(4-2)15-12(14-9)10-7-5-6-8-13-10/h10,13H,3-8H2,1-2H3. The van der Waals surface area contributed by atoms with Crippen LogP contribution in [0.3, 0.4) is 0 Å². The predicted octanol–water partition coefficient (Wildman–Crippen LogP) is 2.61.